The number of hydrogen-bond acceptors (Lipinski definition) is 7. The van der Waals surface area contributed by atoms with Crippen molar-refractivity contribution in [2.75, 3.05) is 6.26 Å². The smallest absolute Gasteiger partial charge is 0.245 e. The monoisotopic (exact) mass is 686 g/mol. The van der Waals surface area contributed by atoms with Gasteiger partial charge in [0.25, 0.3) is 0 Å². The van der Waals surface area contributed by atoms with E-state index in [1.165, 1.54) is 22.9 Å². The predicted octanol–water partition coefficient (Wildman–Crippen LogP) is 6.78. The minimum atomic E-state index is -4.03. The van der Waals surface area contributed by atoms with Crippen molar-refractivity contribution in [2.24, 2.45) is 0 Å². The molecule has 4 rings (SSSR count). The van der Waals surface area contributed by atoms with E-state index in [1.807, 2.05) is 13.8 Å². The molecule has 236 valence electrons. The van der Waals surface area contributed by atoms with Gasteiger partial charge in [0, 0.05) is 33.6 Å². The summed E-state index contributed by atoms with van der Waals surface area (Å²) in [6.07, 6.45) is 5.39. The molecule has 0 aliphatic rings. The van der Waals surface area contributed by atoms with Gasteiger partial charge < -0.3 is 19.4 Å². The van der Waals surface area contributed by atoms with E-state index in [2.05, 4.69) is 11.3 Å². The average molecular weight is 688 g/mol. The van der Waals surface area contributed by atoms with Gasteiger partial charge in [-0.3, -0.25) is 4.57 Å². The Bertz CT molecular complexity index is 1900. The minimum absolute atomic E-state index is 0.0403. The largest absolute Gasteiger partial charge is 0.384 e. The molecule has 1 heterocycles. The zero-order valence-electron chi connectivity index (χ0n) is 24.4. The molecule has 0 bridgehead atoms. The van der Waals surface area contributed by atoms with Gasteiger partial charge >= 0.3 is 0 Å². The van der Waals surface area contributed by atoms with Crippen LogP contribution in [0.2, 0.25) is 10.0 Å². The number of nitrogens with zero attached hydrogens (tertiary/aromatic N) is 2. The Kier molecular flexibility index (Phi) is 9.32. The molecular formula is C30H31Cl2F2N2O6PS. The quantitative estimate of drug-likeness (QED) is 0.166. The average Bonchev–Trinajstić information content (AvgIpc) is 3.33. The summed E-state index contributed by atoms with van der Waals surface area (Å²) >= 11 is 13.1. The van der Waals surface area contributed by atoms with Gasteiger partial charge in [0.15, 0.2) is 9.84 Å². The van der Waals surface area contributed by atoms with Crippen molar-refractivity contribution in [3.63, 3.8) is 0 Å². The van der Waals surface area contributed by atoms with Crippen molar-refractivity contribution in [1.29, 1.82) is 0 Å². The van der Waals surface area contributed by atoms with Crippen LogP contribution in [-0.2, 0) is 32.0 Å². The van der Waals surface area contributed by atoms with Gasteiger partial charge in [0.05, 0.1) is 28.3 Å². The molecule has 3 N–H and O–H groups in total. The van der Waals surface area contributed by atoms with Gasteiger partial charge in [-0.2, -0.15) is 0 Å². The highest BCUT2D eigenvalue weighted by Crippen LogP contribution is 2.42. The Hall–Kier alpha value is -2.60. The van der Waals surface area contributed by atoms with Gasteiger partial charge in [-0.15, -0.1) is 0 Å². The highest BCUT2D eigenvalue weighted by atomic mass is 35.5. The zero-order chi connectivity index (χ0) is 33.0. The molecule has 44 heavy (non-hydrogen) atoms. The first-order chi connectivity index (χ1) is 20.1. The van der Waals surface area contributed by atoms with E-state index < -0.39 is 57.1 Å². The number of sulfone groups is 1. The van der Waals surface area contributed by atoms with E-state index in [-0.39, 0.29) is 22.5 Å². The fraction of sp³-hybridized carbons (Fsp3) is 0.267. The summed E-state index contributed by atoms with van der Waals surface area (Å²) in [5, 5.41) is 11.5. The van der Waals surface area contributed by atoms with Crippen LogP contribution in [0, 0.1) is 11.6 Å². The van der Waals surface area contributed by atoms with Crippen molar-refractivity contribution < 1.29 is 36.6 Å². The lowest BCUT2D eigenvalue weighted by atomic mass is 9.83. The normalized spacial score (nSPS) is 13.0. The van der Waals surface area contributed by atoms with Gasteiger partial charge in [-0.25, -0.2) is 22.2 Å². The summed E-state index contributed by atoms with van der Waals surface area (Å²) in [5.41, 5.74) is -1.75. The summed E-state index contributed by atoms with van der Waals surface area (Å²) in [4.78, 5) is 23.1. The summed E-state index contributed by atoms with van der Waals surface area (Å²) in [7, 11) is -8.06. The maximum absolute atomic E-state index is 16.0. The summed E-state index contributed by atoms with van der Waals surface area (Å²) in [6, 6.07) is 11.2. The molecule has 0 saturated carbocycles. The molecule has 3 aromatic carbocycles. The van der Waals surface area contributed by atoms with Crippen molar-refractivity contribution in [1.82, 2.24) is 9.55 Å². The molecule has 0 fully saturated rings. The molecule has 0 aliphatic carbocycles. The van der Waals surface area contributed by atoms with Gasteiger partial charge in [0.1, 0.15) is 23.1 Å². The van der Waals surface area contributed by atoms with Gasteiger partial charge in [-0.05, 0) is 81.5 Å². The van der Waals surface area contributed by atoms with E-state index in [4.69, 9.17) is 27.7 Å². The Morgan fingerprint density at radius 2 is 1.59 bits per heavy atom. The van der Waals surface area contributed by atoms with Crippen LogP contribution in [0.15, 0.2) is 59.6 Å². The van der Waals surface area contributed by atoms with Crippen LogP contribution < -0.4 is 0 Å². The van der Waals surface area contributed by atoms with E-state index in [0.717, 1.165) is 24.5 Å². The first-order valence-corrected chi connectivity index (χ1v) is 17.5. The third-order valence-corrected chi connectivity index (χ3v) is 9.33. The van der Waals surface area contributed by atoms with E-state index in [0.29, 0.717) is 21.4 Å². The summed E-state index contributed by atoms with van der Waals surface area (Å²) in [5.74, 6) is -1.44. The van der Waals surface area contributed by atoms with Crippen LogP contribution in [0.25, 0.3) is 16.8 Å². The lowest BCUT2D eigenvalue weighted by Gasteiger charge is -2.28. The third-order valence-electron chi connectivity index (χ3n) is 6.99. The van der Waals surface area contributed by atoms with Crippen LogP contribution >= 0.6 is 30.8 Å². The lowest BCUT2D eigenvalue weighted by Crippen LogP contribution is -2.25. The van der Waals surface area contributed by atoms with E-state index in [1.54, 1.807) is 32.0 Å². The molecular weight excluding hydrogens is 656 g/mol. The second-order valence-electron chi connectivity index (χ2n) is 11.4. The fourth-order valence-corrected chi connectivity index (χ4v) is 6.96. The molecule has 0 aliphatic heterocycles. The molecule has 0 atom stereocenters. The molecule has 0 amide bonds. The number of hydrogen-bond donors (Lipinski definition) is 3. The maximum Gasteiger partial charge on any atom is 0.245 e. The zero-order valence-corrected chi connectivity index (χ0v) is 27.7. The predicted molar refractivity (Wildman–Crippen MR) is 169 cm³/mol. The van der Waals surface area contributed by atoms with Crippen LogP contribution in [0.3, 0.4) is 0 Å². The molecule has 0 radical (unpaired) electrons. The second-order valence-corrected chi connectivity index (χ2v) is 15.8. The van der Waals surface area contributed by atoms with E-state index >= 15 is 8.78 Å². The first kappa shape index (κ1) is 34.3. The number of halogens is 4. The van der Waals surface area contributed by atoms with Crippen LogP contribution in [0.4, 0.5) is 8.78 Å². The van der Waals surface area contributed by atoms with Crippen molar-refractivity contribution in [3.05, 3.63) is 99.1 Å². The molecule has 8 nitrogen and oxygen atoms in total. The Morgan fingerprint density at radius 3 is 2.11 bits per heavy atom. The second kappa shape index (κ2) is 12.0. The first-order valence-electron chi connectivity index (χ1n) is 13.0. The lowest BCUT2D eigenvalue weighted by molar-refractivity contribution is 0.0740. The SMILES string of the molecule is C=P(O)(O)OCc1c(F)cc(-c2ccc(-n3cc(C(C)(C)O)nc3C(C)(C)c3c(Cl)cccc3Cl)c(F)c2)cc1S(C)(=O)=O. The summed E-state index contributed by atoms with van der Waals surface area (Å²) < 4.78 is 62.5. The maximum atomic E-state index is 16.0. The standard InChI is InChI=1S/C30H31Cl2F2N2O6PS/c1-29(2,27-20(31)8-7-9-21(27)32)28-35-26(30(3,4)37)15-36(28)24-11-10-17(12-23(24)34)18-13-22(33)19(16-42-43(5,38)39)25(14-18)44(6,40)41/h7-15,37-39H,5,16H2,1-4,6H3. The molecule has 1 aromatic heterocycles. The molecule has 0 unspecified atom stereocenters. The Labute approximate surface area is 264 Å². The van der Waals surface area contributed by atoms with E-state index in [9.17, 15) is 23.3 Å². The molecule has 0 spiro atoms. The Balaban J connectivity index is 1.88. The number of imidazole rings is 1. The van der Waals surface area contributed by atoms with Crippen LogP contribution in [0.5, 0.6) is 0 Å². The topological polar surface area (TPSA) is 122 Å². The molecule has 0 saturated heterocycles. The number of benzene rings is 3. The van der Waals surface area contributed by atoms with Crippen LogP contribution in [-0.4, -0.2) is 45.4 Å². The van der Waals surface area contributed by atoms with Gasteiger partial charge in [-0.1, -0.05) is 35.3 Å². The van der Waals surface area contributed by atoms with Crippen molar-refractivity contribution >= 4 is 46.9 Å². The third kappa shape index (κ3) is 7.11. The fourth-order valence-electron chi connectivity index (χ4n) is 4.80. The van der Waals surface area contributed by atoms with Gasteiger partial charge in [0.2, 0.25) is 7.57 Å². The molecule has 14 heteroatoms. The summed E-state index contributed by atoms with van der Waals surface area (Å²) in [6.45, 7) is 5.95. The number of aromatic nitrogens is 2. The highest BCUT2D eigenvalue weighted by Gasteiger charge is 2.36. The highest BCUT2D eigenvalue weighted by molar-refractivity contribution is 7.90. The Morgan fingerprint density at radius 1 is 1.00 bits per heavy atom. The number of aliphatic hydroxyl groups is 1. The molecule has 4 aromatic rings. The van der Waals surface area contributed by atoms with Crippen molar-refractivity contribution in [2.45, 2.75) is 50.2 Å². The minimum Gasteiger partial charge on any atom is -0.384 e. The van der Waals surface area contributed by atoms with Crippen LogP contribution in [0.1, 0.15) is 50.3 Å². The number of rotatable bonds is 9. The van der Waals surface area contributed by atoms with Crippen molar-refractivity contribution in [3.8, 4) is 16.8 Å².